The van der Waals surface area contributed by atoms with Gasteiger partial charge in [-0.1, -0.05) is 22.9 Å². The van der Waals surface area contributed by atoms with Gasteiger partial charge in [-0.05, 0) is 37.4 Å². The van der Waals surface area contributed by atoms with Crippen LogP contribution >= 0.6 is 15.9 Å². The number of nitrogens with two attached hydrogens (primary N) is 1. The van der Waals surface area contributed by atoms with Crippen LogP contribution in [-0.2, 0) is 6.42 Å². The molecule has 0 aliphatic carbocycles. The lowest BCUT2D eigenvalue weighted by Gasteiger charge is -2.17. The summed E-state index contributed by atoms with van der Waals surface area (Å²) in [5.41, 5.74) is 8.13. The van der Waals surface area contributed by atoms with E-state index in [2.05, 4.69) is 35.8 Å². The van der Waals surface area contributed by atoms with E-state index in [0.29, 0.717) is 12.5 Å². The second-order valence-electron chi connectivity index (χ2n) is 4.90. The highest BCUT2D eigenvalue weighted by Crippen LogP contribution is 2.46. The molecule has 0 radical (unpaired) electrons. The number of fused-ring (bicyclic) bond motifs is 1. The third-order valence-corrected chi connectivity index (χ3v) is 4.40. The largest absolute Gasteiger partial charge is 0.493 e. The first kappa shape index (κ1) is 13.7. The molecule has 2 N–H and O–H groups in total. The monoisotopic (exact) mass is 313 g/mol. The molecule has 2 unspecified atom stereocenters. The zero-order valence-corrected chi connectivity index (χ0v) is 12.7. The van der Waals surface area contributed by atoms with Gasteiger partial charge in [0.25, 0.3) is 0 Å². The predicted octanol–water partition coefficient (Wildman–Crippen LogP) is 3.23. The lowest BCUT2D eigenvalue weighted by molar-refractivity contribution is 0.243. The highest BCUT2D eigenvalue weighted by atomic mass is 79.9. The Morgan fingerprint density at radius 2 is 2.33 bits per heavy atom. The van der Waals surface area contributed by atoms with Gasteiger partial charge in [-0.25, -0.2) is 0 Å². The summed E-state index contributed by atoms with van der Waals surface area (Å²) in [6.45, 7) is 4.97. The number of ether oxygens (including phenoxy) is 2. The molecule has 0 amide bonds. The van der Waals surface area contributed by atoms with Crippen molar-refractivity contribution in [1.29, 1.82) is 0 Å². The van der Waals surface area contributed by atoms with Crippen LogP contribution in [0.1, 0.15) is 37.3 Å². The predicted molar refractivity (Wildman–Crippen MR) is 76.6 cm³/mol. The molecule has 0 fully saturated rings. The molecule has 100 valence electrons. The standard InChI is InChI=1S/C14H20BrNO2/c1-8(4-5-16)10-7-12(17-3)14-11(13(10)15)6-9(2)18-14/h7-9H,4-6,16H2,1-3H3. The smallest absolute Gasteiger partial charge is 0.166 e. The molecule has 0 saturated heterocycles. The van der Waals surface area contributed by atoms with Crippen LogP contribution in [0.3, 0.4) is 0 Å². The van der Waals surface area contributed by atoms with Gasteiger partial charge in [-0.15, -0.1) is 0 Å². The van der Waals surface area contributed by atoms with E-state index in [9.17, 15) is 0 Å². The van der Waals surface area contributed by atoms with Gasteiger partial charge in [0.1, 0.15) is 6.10 Å². The molecule has 1 aliphatic rings. The van der Waals surface area contributed by atoms with Crippen molar-refractivity contribution in [2.45, 2.75) is 38.7 Å². The molecule has 2 rings (SSSR count). The summed E-state index contributed by atoms with van der Waals surface area (Å²) in [5.74, 6) is 2.14. The van der Waals surface area contributed by atoms with E-state index in [1.165, 1.54) is 11.1 Å². The lowest BCUT2D eigenvalue weighted by atomic mass is 9.94. The van der Waals surface area contributed by atoms with Crippen LogP contribution in [0, 0.1) is 0 Å². The summed E-state index contributed by atoms with van der Waals surface area (Å²) in [5, 5.41) is 0. The maximum atomic E-state index is 5.82. The van der Waals surface area contributed by atoms with Gasteiger partial charge in [0.05, 0.1) is 7.11 Å². The maximum absolute atomic E-state index is 5.82. The number of benzene rings is 1. The number of halogens is 1. The fourth-order valence-corrected chi connectivity index (χ4v) is 3.30. The highest BCUT2D eigenvalue weighted by molar-refractivity contribution is 9.10. The van der Waals surface area contributed by atoms with Crippen LogP contribution in [0.5, 0.6) is 11.5 Å². The number of methoxy groups -OCH3 is 1. The van der Waals surface area contributed by atoms with E-state index in [-0.39, 0.29) is 6.10 Å². The molecular weight excluding hydrogens is 294 g/mol. The Hall–Kier alpha value is -0.740. The quantitative estimate of drug-likeness (QED) is 0.928. The summed E-state index contributed by atoms with van der Waals surface area (Å²) in [4.78, 5) is 0. The molecule has 1 aromatic carbocycles. The van der Waals surface area contributed by atoms with Gasteiger partial charge in [0.15, 0.2) is 11.5 Å². The maximum Gasteiger partial charge on any atom is 0.166 e. The molecule has 2 atom stereocenters. The van der Waals surface area contributed by atoms with Crippen molar-refractivity contribution in [1.82, 2.24) is 0 Å². The first-order valence-corrected chi connectivity index (χ1v) is 7.13. The molecule has 0 spiro atoms. The van der Waals surface area contributed by atoms with Crippen molar-refractivity contribution in [2.75, 3.05) is 13.7 Å². The van der Waals surface area contributed by atoms with Crippen molar-refractivity contribution in [3.05, 3.63) is 21.7 Å². The molecule has 0 saturated carbocycles. The van der Waals surface area contributed by atoms with Crippen molar-refractivity contribution < 1.29 is 9.47 Å². The van der Waals surface area contributed by atoms with E-state index in [1.807, 2.05) is 0 Å². The summed E-state index contributed by atoms with van der Waals surface area (Å²) < 4.78 is 12.4. The summed E-state index contributed by atoms with van der Waals surface area (Å²) >= 11 is 3.72. The summed E-state index contributed by atoms with van der Waals surface area (Å²) in [7, 11) is 1.69. The highest BCUT2D eigenvalue weighted by Gasteiger charge is 2.28. The van der Waals surface area contributed by atoms with Gasteiger partial charge < -0.3 is 15.2 Å². The topological polar surface area (TPSA) is 44.5 Å². The van der Waals surface area contributed by atoms with Crippen LogP contribution in [0.25, 0.3) is 0 Å². The van der Waals surface area contributed by atoms with Gasteiger partial charge >= 0.3 is 0 Å². The first-order valence-electron chi connectivity index (χ1n) is 6.34. The van der Waals surface area contributed by atoms with Crippen molar-refractivity contribution in [3.8, 4) is 11.5 Å². The normalized spacial score (nSPS) is 19.3. The Bertz CT molecular complexity index is 448. The van der Waals surface area contributed by atoms with E-state index < -0.39 is 0 Å². The molecule has 0 aromatic heterocycles. The Balaban J connectivity index is 2.47. The zero-order chi connectivity index (χ0) is 13.3. The first-order chi connectivity index (χ1) is 8.58. The molecule has 4 heteroatoms. The number of rotatable bonds is 4. The van der Waals surface area contributed by atoms with E-state index in [1.54, 1.807) is 7.11 Å². The van der Waals surface area contributed by atoms with Crippen molar-refractivity contribution in [2.24, 2.45) is 5.73 Å². The van der Waals surface area contributed by atoms with Crippen molar-refractivity contribution >= 4 is 15.9 Å². The number of hydrogen-bond donors (Lipinski definition) is 1. The summed E-state index contributed by atoms with van der Waals surface area (Å²) in [6.07, 6.45) is 2.11. The van der Waals surface area contributed by atoms with E-state index >= 15 is 0 Å². The van der Waals surface area contributed by atoms with Gasteiger partial charge in [-0.2, -0.15) is 0 Å². The molecule has 1 aromatic rings. The SMILES string of the molecule is COc1cc(C(C)CCN)c(Br)c2c1OC(C)C2. The fourth-order valence-electron chi connectivity index (χ4n) is 2.45. The fraction of sp³-hybridized carbons (Fsp3) is 0.571. The zero-order valence-electron chi connectivity index (χ0n) is 11.1. The third-order valence-electron chi connectivity index (χ3n) is 3.46. The van der Waals surface area contributed by atoms with Crippen LogP contribution in [0.15, 0.2) is 10.5 Å². The molecule has 0 bridgehead atoms. The van der Waals surface area contributed by atoms with Crippen LogP contribution < -0.4 is 15.2 Å². The Morgan fingerprint density at radius 3 is 2.94 bits per heavy atom. The Kier molecular flexibility index (Phi) is 4.17. The second kappa shape index (κ2) is 5.49. The van der Waals surface area contributed by atoms with Crippen LogP contribution in [0.2, 0.25) is 0 Å². The van der Waals surface area contributed by atoms with Gasteiger partial charge in [-0.3, -0.25) is 0 Å². The Labute approximate surface area is 117 Å². The minimum absolute atomic E-state index is 0.213. The minimum atomic E-state index is 0.213. The van der Waals surface area contributed by atoms with Crippen molar-refractivity contribution in [3.63, 3.8) is 0 Å². The molecule has 1 heterocycles. The average Bonchev–Trinajstić information content (AvgIpc) is 2.72. The van der Waals surface area contributed by atoms with E-state index in [0.717, 1.165) is 28.8 Å². The Morgan fingerprint density at radius 1 is 1.61 bits per heavy atom. The molecule has 18 heavy (non-hydrogen) atoms. The lowest BCUT2D eigenvalue weighted by Crippen LogP contribution is -2.06. The number of hydrogen-bond acceptors (Lipinski definition) is 3. The van der Waals surface area contributed by atoms with Crippen LogP contribution in [-0.4, -0.2) is 19.8 Å². The third kappa shape index (κ3) is 2.36. The van der Waals surface area contributed by atoms with Crippen LogP contribution in [0.4, 0.5) is 0 Å². The molecular formula is C14H20BrNO2. The van der Waals surface area contributed by atoms with E-state index in [4.69, 9.17) is 15.2 Å². The second-order valence-corrected chi connectivity index (χ2v) is 5.69. The average molecular weight is 314 g/mol. The minimum Gasteiger partial charge on any atom is -0.493 e. The van der Waals surface area contributed by atoms with Gasteiger partial charge in [0.2, 0.25) is 0 Å². The molecule has 1 aliphatic heterocycles. The summed E-state index contributed by atoms with van der Waals surface area (Å²) in [6, 6.07) is 2.07. The molecule has 3 nitrogen and oxygen atoms in total. The van der Waals surface area contributed by atoms with Gasteiger partial charge in [0, 0.05) is 16.5 Å².